The average molecular weight is 366 g/mol. The van der Waals surface area contributed by atoms with E-state index >= 15 is 0 Å². The highest BCUT2D eigenvalue weighted by molar-refractivity contribution is 5.97. The fourth-order valence-electron chi connectivity index (χ4n) is 3.69. The number of carbonyl (C=O) groups is 2. The van der Waals surface area contributed by atoms with Crippen LogP contribution in [0.1, 0.15) is 51.6 Å². The molecule has 4 rings (SSSR count). The van der Waals surface area contributed by atoms with Gasteiger partial charge in [-0.15, -0.1) is 0 Å². The number of amides is 2. The predicted molar refractivity (Wildman–Crippen MR) is 100 cm³/mol. The zero-order valence-corrected chi connectivity index (χ0v) is 15.0. The van der Waals surface area contributed by atoms with E-state index in [0.29, 0.717) is 30.9 Å². The number of nitrogens with two attached hydrogens (primary N) is 1. The van der Waals surface area contributed by atoms with Gasteiger partial charge in [0.15, 0.2) is 11.5 Å². The molecule has 2 heterocycles. The highest BCUT2D eigenvalue weighted by Crippen LogP contribution is 2.38. The van der Waals surface area contributed by atoms with Crippen molar-refractivity contribution in [1.82, 2.24) is 4.90 Å². The van der Waals surface area contributed by atoms with Crippen molar-refractivity contribution in [2.75, 3.05) is 19.8 Å². The van der Waals surface area contributed by atoms with E-state index in [1.54, 1.807) is 24.3 Å². The summed E-state index contributed by atoms with van der Waals surface area (Å²) in [6.45, 7) is 1.99. The highest BCUT2D eigenvalue weighted by atomic mass is 16.5. The number of carbonyl (C=O) groups excluding carboxylic acids is 2. The summed E-state index contributed by atoms with van der Waals surface area (Å²) in [6, 6.07) is 12.4. The lowest BCUT2D eigenvalue weighted by Gasteiger charge is -2.26. The third kappa shape index (κ3) is 3.47. The molecule has 2 aromatic carbocycles. The lowest BCUT2D eigenvalue weighted by Crippen LogP contribution is -2.30. The fraction of sp³-hybridized carbons (Fsp3) is 0.333. The van der Waals surface area contributed by atoms with Gasteiger partial charge in [-0.3, -0.25) is 9.59 Å². The topological polar surface area (TPSA) is 81.9 Å². The van der Waals surface area contributed by atoms with E-state index in [4.69, 9.17) is 15.2 Å². The van der Waals surface area contributed by atoms with E-state index in [0.717, 1.165) is 36.3 Å². The van der Waals surface area contributed by atoms with Gasteiger partial charge in [0.25, 0.3) is 5.91 Å². The number of rotatable bonds is 3. The van der Waals surface area contributed by atoms with Gasteiger partial charge in [0.05, 0.1) is 19.3 Å². The lowest BCUT2D eigenvalue weighted by molar-refractivity contribution is 0.0735. The first kappa shape index (κ1) is 17.4. The molecule has 2 aromatic rings. The summed E-state index contributed by atoms with van der Waals surface area (Å²) in [5.74, 6) is 0.963. The Bertz CT molecular complexity index is 863. The molecule has 6 heteroatoms. The molecule has 0 radical (unpaired) electrons. The molecular weight excluding hydrogens is 344 g/mol. The van der Waals surface area contributed by atoms with Crippen LogP contribution in [0.15, 0.2) is 42.5 Å². The van der Waals surface area contributed by atoms with Crippen LogP contribution in [0.4, 0.5) is 0 Å². The molecule has 0 aliphatic carbocycles. The van der Waals surface area contributed by atoms with Gasteiger partial charge in [-0.25, -0.2) is 0 Å². The van der Waals surface area contributed by atoms with Crippen molar-refractivity contribution in [2.45, 2.75) is 25.3 Å². The van der Waals surface area contributed by atoms with Crippen LogP contribution in [0.5, 0.6) is 11.5 Å². The number of ether oxygens (including phenoxy) is 2. The van der Waals surface area contributed by atoms with Crippen LogP contribution in [0.3, 0.4) is 0 Å². The van der Waals surface area contributed by atoms with Crippen LogP contribution >= 0.6 is 0 Å². The molecule has 0 saturated carbocycles. The number of likely N-dealkylation sites (tertiary alicyclic amines) is 1. The maximum atomic E-state index is 13.0. The molecule has 6 nitrogen and oxygen atoms in total. The van der Waals surface area contributed by atoms with Crippen molar-refractivity contribution in [2.24, 2.45) is 5.73 Å². The molecule has 0 aromatic heterocycles. The van der Waals surface area contributed by atoms with Gasteiger partial charge >= 0.3 is 0 Å². The summed E-state index contributed by atoms with van der Waals surface area (Å²) >= 11 is 0. The quantitative estimate of drug-likeness (QED) is 0.905. The Balaban J connectivity index is 1.57. The Morgan fingerprint density at radius 1 is 0.926 bits per heavy atom. The average Bonchev–Trinajstić information content (AvgIpc) is 3.06. The van der Waals surface area contributed by atoms with Gasteiger partial charge < -0.3 is 20.1 Å². The maximum absolute atomic E-state index is 13.0. The van der Waals surface area contributed by atoms with Gasteiger partial charge in [0, 0.05) is 24.1 Å². The smallest absolute Gasteiger partial charge is 0.254 e. The second kappa shape index (κ2) is 7.31. The second-order valence-electron chi connectivity index (χ2n) is 6.85. The van der Waals surface area contributed by atoms with Crippen LogP contribution in [-0.2, 0) is 0 Å². The van der Waals surface area contributed by atoms with Crippen LogP contribution in [0.25, 0.3) is 0 Å². The number of primary amides is 1. The van der Waals surface area contributed by atoms with Gasteiger partial charge in [-0.2, -0.15) is 0 Å². The summed E-state index contributed by atoms with van der Waals surface area (Å²) < 4.78 is 11.5. The number of hydrogen-bond acceptors (Lipinski definition) is 4. The van der Waals surface area contributed by atoms with E-state index < -0.39 is 5.91 Å². The molecule has 2 aliphatic heterocycles. The number of fused-ring (bicyclic) bond motifs is 1. The zero-order valence-electron chi connectivity index (χ0n) is 15.0. The normalized spacial score (nSPS) is 18.8. The third-order valence-electron chi connectivity index (χ3n) is 5.09. The van der Waals surface area contributed by atoms with Gasteiger partial charge in [-0.05, 0) is 54.8 Å². The molecule has 1 atom stereocenters. The lowest BCUT2D eigenvalue weighted by atomic mass is 10.0. The predicted octanol–water partition coefficient (Wildman–Crippen LogP) is 2.92. The minimum atomic E-state index is -0.500. The zero-order chi connectivity index (χ0) is 18.8. The van der Waals surface area contributed by atoms with Crippen molar-refractivity contribution in [1.29, 1.82) is 0 Å². The Morgan fingerprint density at radius 2 is 1.63 bits per heavy atom. The molecule has 2 amide bonds. The van der Waals surface area contributed by atoms with Gasteiger partial charge in [0.1, 0.15) is 0 Å². The van der Waals surface area contributed by atoms with Crippen LogP contribution in [-0.4, -0.2) is 36.5 Å². The summed E-state index contributed by atoms with van der Waals surface area (Å²) in [6.07, 6.45) is 2.72. The Hall–Kier alpha value is -3.02. The number of benzene rings is 2. The van der Waals surface area contributed by atoms with E-state index in [-0.39, 0.29) is 11.9 Å². The Labute approximate surface area is 157 Å². The fourth-order valence-corrected chi connectivity index (χ4v) is 3.69. The monoisotopic (exact) mass is 366 g/mol. The minimum Gasteiger partial charge on any atom is -0.490 e. The van der Waals surface area contributed by atoms with E-state index in [9.17, 15) is 9.59 Å². The molecule has 1 fully saturated rings. The molecule has 2 aliphatic rings. The highest BCUT2D eigenvalue weighted by Gasteiger charge is 2.31. The summed E-state index contributed by atoms with van der Waals surface area (Å²) in [5, 5.41) is 0. The Morgan fingerprint density at radius 3 is 2.37 bits per heavy atom. The molecule has 140 valence electrons. The number of nitrogens with zero attached hydrogens (tertiary/aromatic N) is 1. The molecular formula is C21H22N2O4. The molecule has 27 heavy (non-hydrogen) atoms. The molecule has 2 N–H and O–H groups in total. The third-order valence-corrected chi connectivity index (χ3v) is 5.09. The van der Waals surface area contributed by atoms with Crippen molar-refractivity contribution < 1.29 is 19.1 Å². The van der Waals surface area contributed by atoms with E-state index in [2.05, 4.69) is 0 Å². The first-order valence-corrected chi connectivity index (χ1v) is 9.24. The summed E-state index contributed by atoms with van der Waals surface area (Å²) in [7, 11) is 0. The largest absolute Gasteiger partial charge is 0.490 e. The molecule has 0 unspecified atom stereocenters. The van der Waals surface area contributed by atoms with Crippen LogP contribution < -0.4 is 15.2 Å². The summed E-state index contributed by atoms with van der Waals surface area (Å²) in [4.78, 5) is 26.1. The number of hydrogen-bond donors (Lipinski definition) is 1. The molecule has 1 saturated heterocycles. The van der Waals surface area contributed by atoms with Gasteiger partial charge in [-0.1, -0.05) is 6.07 Å². The van der Waals surface area contributed by atoms with E-state index in [1.165, 1.54) is 0 Å². The van der Waals surface area contributed by atoms with Crippen LogP contribution in [0, 0.1) is 0 Å². The van der Waals surface area contributed by atoms with E-state index in [1.807, 2.05) is 23.1 Å². The SMILES string of the molecule is NC(=O)c1ccc(C(=O)N2CCC[C@H]2c2ccc3c(c2)OCCCO3)cc1. The van der Waals surface area contributed by atoms with Crippen molar-refractivity contribution >= 4 is 11.8 Å². The summed E-state index contributed by atoms with van der Waals surface area (Å²) in [5.41, 5.74) is 7.28. The first-order valence-electron chi connectivity index (χ1n) is 9.24. The molecule has 0 spiro atoms. The van der Waals surface area contributed by atoms with Gasteiger partial charge in [0.2, 0.25) is 5.91 Å². The Kier molecular flexibility index (Phi) is 4.71. The van der Waals surface area contributed by atoms with Crippen molar-refractivity contribution in [3.63, 3.8) is 0 Å². The second-order valence-corrected chi connectivity index (χ2v) is 6.85. The van der Waals surface area contributed by atoms with Crippen LogP contribution in [0.2, 0.25) is 0 Å². The molecule has 0 bridgehead atoms. The van der Waals surface area contributed by atoms with Crippen molar-refractivity contribution in [3.05, 3.63) is 59.2 Å². The standard InChI is InChI=1S/C21H22N2O4/c22-20(24)14-4-6-15(7-5-14)21(25)23-10-1-3-17(23)16-8-9-18-19(13-16)27-12-2-11-26-18/h4-9,13,17H,1-3,10-12H2,(H2,22,24)/t17-/m0/s1. The minimum absolute atomic E-state index is 0.00506. The first-order chi connectivity index (χ1) is 13.1. The maximum Gasteiger partial charge on any atom is 0.254 e. The van der Waals surface area contributed by atoms with Crippen molar-refractivity contribution in [3.8, 4) is 11.5 Å².